The van der Waals surface area contributed by atoms with Crippen molar-refractivity contribution < 1.29 is 14.3 Å². The van der Waals surface area contributed by atoms with E-state index in [1.807, 2.05) is 38.4 Å². The van der Waals surface area contributed by atoms with E-state index >= 15 is 0 Å². The van der Waals surface area contributed by atoms with Crippen LogP contribution in [0.5, 0.6) is 0 Å². The minimum absolute atomic E-state index is 0. The number of anilines is 1. The van der Waals surface area contributed by atoms with Crippen LogP contribution in [0.25, 0.3) is 0 Å². The number of rotatable bonds is 23. The number of benzene rings is 1. The Morgan fingerprint density at radius 1 is 0.811 bits per heavy atom. The molecule has 6 nitrogen and oxygen atoms in total. The maximum Gasteiger partial charge on any atom is 0.407 e. The van der Waals surface area contributed by atoms with Gasteiger partial charge in [-0.1, -0.05) is 109 Å². The molecule has 0 spiro atoms. The molecule has 0 aromatic heterocycles. The monoisotopic (exact) mass is 539 g/mol. The van der Waals surface area contributed by atoms with E-state index in [1.165, 1.54) is 77.0 Å². The summed E-state index contributed by atoms with van der Waals surface area (Å²) < 4.78 is 5.39. The van der Waals surface area contributed by atoms with Gasteiger partial charge in [-0.3, -0.25) is 4.79 Å². The summed E-state index contributed by atoms with van der Waals surface area (Å²) in [6.45, 7) is 4.61. The van der Waals surface area contributed by atoms with Crippen LogP contribution >= 0.6 is 12.4 Å². The summed E-state index contributed by atoms with van der Waals surface area (Å²) in [6, 6.07) is 7.66. The summed E-state index contributed by atoms with van der Waals surface area (Å²) in [6.07, 6.45) is 19.8. The third-order valence-electron chi connectivity index (χ3n) is 6.59. The molecule has 0 unspecified atom stereocenters. The molecular formula is C30H54ClN3O3. The smallest absolute Gasteiger partial charge is 0.407 e. The lowest BCUT2D eigenvalue weighted by Gasteiger charge is -2.21. The Morgan fingerprint density at radius 2 is 1.35 bits per heavy atom. The molecule has 1 N–H and O–H groups in total. The van der Waals surface area contributed by atoms with Crippen molar-refractivity contribution in [1.82, 2.24) is 10.2 Å². The van der Waals surface area contributed by atoms with Crippen molar-refractivity contribution in [3.8, 4) is 0 Å². The summed E-state index contributed by atoms with van der Waals surface area (Å²) in [7, 11) is 4.01. The highest BCUT2D eigenvalue weighted by atomic mass is 35.5. The predicted molar refractivity (Wildman–Crippen MR) is 159 cm³/mol. The Kier molecular flexibility index (Phi) is 23.4. The lowest BCUT2D eigenvalue weighted by atomic mass is 10.0. The number of hydrogen-bond acceptors (Lipinski definition) is 4. The van der Waals surface area contributed by atoms with Gasteiger partial charge in [0.25, 0.3) is 0 Å². The van der Waals surface area contributed by atoms with Gasteiger partial charge in [0.15, 0.2) is 0 Å². The van der Waals surface area contributed by atoms with Crippen molar-refractivity contribution >= 4 is 30.6 Å². The Hall–Kier alpha value is -1.79. The number of unbranched alkanes of at least 4 members (excludes halogenated alkanes) is 13. The number of nitrogens with zero attached hydrogens (tertiary/aromatic N) is 2. The van der Waals surface area contributed by atoms with E-state index in [9.17, 15) is 9.59 Å². The predicted octanol–water partition coefficient (Wildman–Crippen LogP) is 7.73. The first-order valence-electron chi connectivity index (χ1n) is 14.4. The van der Waals surface area contributed by atoms with E-state index in [4.69, 9.17) is 4.74 Å². The number of carbonyl (C=O) groups excluding carboxylic acids is 2. The van der Waals surface area contributed by atoms with Crippen LogP contribution in [0.1, 0.15) is 109 Å². The molecule has 0 saturated heterocycles. The van der Waals surface area contributed by atoms with Crippen LogP contribution in [-0.2, 0) is 16.1 Å². The van der Waals surface area contributed by atoms with E-state index in [0.717, 1.165) is 43.5 Å². The van der Waals surface area contributed by atoms with Crippen molar-refractivity contribution in [2.24, 2.45) is 0 Å². The largest absolute Gasteiger partial charge is 0.445 e. The Labute approximate surface area is 233 Å². The first kappa shape index (κ1) is 35.2. The van der Waals surface area contributed by atoms with Crippen molar-refractivity contribution in [1.29, 1.82) is 0 Å². The van der Waals surface area contributed by atoms with Crippen molar-refractivity contribution in [3.63, 3.8) is 0 Å². The van der Waals surface area contributed by atoms with Gasteiger partial charge in [0.1, 0.15) is 6.61 Å². The number of para-hydroxylation sites is 1. The highest BCUT2D eigenvalue weighted by Crippen LogP contribution is 2.21. The van der Waals surface area contributed by atoms with Gasteiger partial charge in [0.2, 0.25) is 6.41 Å². The molecule has 1 aromatic carbocycles. The van der Waals surface area contributed by atoms with Gasteiger partial charge < -0.3 is 19.9 Å². The molecule has 1 rings (SSSR count). The van der Waals surface area contributed by atoms with Crippen LogP contribution in [0.3, 0.4) is 0 Å². The molecule has 0 bridgehead atoms. The third-order valence-corrected chi connectivity index (χ3v) is 6.59. The molecule has 0 saturated carbocycles. The molecule has 0 radical (unpaired) electrons. The topological polar surface area (TPSA) is 61.9 Å². The molecule has 0 aliphatic heterocycles. The van der Waals surface area contributed by atoms with Crippen LogP contribution in [0.4, 0.5) is 10.5 Å². The summed E-state index contributed by atoms with van der Waals surface area (Å²) in [5, 5.41) is 2.78. The first-order chi connectivity index (χ1) is 17.6. The molecular weight excluding hydrogens is 486 g/mol. The van der Waals surface area contributed by atoms with Crippen LogP contribution in [0.2, 0.25) is 0 Å². The highest BCUT2D eigenvalue weighted by Gasteiger charge is 2.12. The van der Waals surface area contributed by atoms with E-state index < -0.39 is 6.09 Å². The van der Waals surface area contributed by atoms with Crippen molar-refractivity contribution in [2.45, 2.75) is 110 Å². The van der Waals surface area contributed by atoms with Crippen molar-refractivity contribution in [2.75, 3.05) is 38.6 Å². The number of hydrogen-bond donors (Lipinski definition) is 1. The molecule has 1 aromatic rings. The molecule has 0 aliphatic carbocycles. The Morgan fingerprint density at radius 3 is 1.89 bits per heavy atom. The van der Waals surface area contributed by atoms with E-state index in [-0.39, 0.29) is 19.0 Å². The number of nitrogens with one attached hydrogen (secondary N) is 1. The molecule has 0 aliphatic rings. The van der Waals surface area contributed by atoms with E-state index in [1.54, 1.807) is 4.90 Å². The SMILES string of the molecule is CCCCCCCCCCCCCCCCN(C=O)c1ccccc1COC(=O)NCCCN(C)C.Cl. The number of alkyl carbamates (subject to hydrolysis) is 1. The quantitative estimate of drug-likeness (QED) is 0.114. The second-order valence-corrected chi connectivity index (χ2v) is 10.2. The fraction of sp³-hybridized carbons (Fsp3) is 0.733. The zero-order valence-electron chi connectivity index (χ0n) is 23.8. The number of ether oxygens (including phenoxy) is 1. The van der Waals surface area contributed by atoms with Crippen LogP contribution < -0.4 is 10.2 Å². The standard InChI is InChI=1S/C30H53N3O3.ClH/c1-4-5-6-7-8-9-10-11-12-13-14-15-16-19-25-33(27-34)29-22-18-17-21-28(29)26-36-30(35)31-23-20-24-32(2)3;/h17-18,21-22,27H,4-16,19-20,23-26H2,1-3H3,(H,31,35);1H. The third kappa shape index (κ3) is 19.0. The molecule has 2 amide bonds. The fourth-order valence-corrected chi connectivity index (χ4v) is 4.40. The zero-order valence-corrected chi connectivity index (χ0v) is 24.7. The molecule has 214 valence electrons. The van der Waals surface area contributed by atoms with Crippen LogP contribution in [-0.4, -0.2) is 51.1 Å². The minimum atomic E-state index is -0.423. The number of halogens is 1. The fourth-order valence-electron chi connectivity index (χ4n) is 4.40. The minimum Gasteiger partial charge on any atom is -0.445 e. The van der Waals surface area contributed by atoms with Gasteiger partial charge in [-0.15, -0.1) is 12.4 Å². The average molecular weight is 540 g/mol. The Balaban J connectivity index is 0.0000130. The van der Waals surface area contributed by atoms with Gasteiger partial charge in [0, 0.05) is 24.3 Å². The summed E-state index contributed by atoms with van der Waals surface area (Å²) in [4.78, 5) is 27.6. The van der Waals surface area contributed by atoms with E-state index in [2.05, 4.69) is 17.1 Å². The summed E-state index contributed by atoms with van der Waals surface area (Å²) in [5.41, 5.74) is 1.67. The van der Waals surface area contributed by atoms with Crippen LogP contribution in [0.15, 0.2) is 24.3 Å². The lowest BCUT2D eigenvalue weighted by Crippen LogP contribution is -2.28. The molecule has 0 heterocycles. The van der Waals surface area contributed by atoms with Gasteiger partial charge in [-0.05, 0) is 39.5 Å². The highest BCUT2D eigenvalue weighted by molar-refractivity contribution is 5.85. The molecule has 0 atom stereocenters. The van der Waals surface area contributed by atoms with Gasteiger partial charge in [0.05, 0.1) is 0 Å². The number of amides is 2. The van der Waals surface area contributed by atoms with Gasteiger partial charge in [-0.2, -0.15) is 0 Å². The first-order valence-corrected chi connectivity index (χ1v) is 14.4. The number of carbonyl (C=O) groups is 2. The second-order valence-electron chi connectivity index (χ2n) is 10.2. The average Bonchev–Trinajstić information content (AvgIpc) is 2.88. The molecule has 37 heavy (non-hydrogen) atoms. The maximum atomic E-state index is 12.0. The van der Waals surface area contributed by atoms with Gasteiger partial charge in [-0.25, -0.2) is 4.79 Å². The summed E-state index contributed by atoms with van der Waals surface area (Å²) >= 11 is 0. The second kappa shape index (κ2) is 24.5. The lowest BCUT2D eigenvalue weighted by molar-refractivity contribution is -0.107. The Bertz CT molecular complexity index is 688. The van der Waals surface area contributed by atoms with Crippen LogP contribution in [0, 0.1) is 0 Å². The van der Waals surface area contributed by atoms with Crippen molar-refractivity contribution in [3.05, 3.63) is 29.8 Å². The van der Waals surface area contributed by atoms with E-state index in [0.29, 0.717) is 13.1 Å². The zero-order chi connectivity index (χ0) is 26.3. The molecule has 0 fully saturated rings. The van der Waals surface area contributed by atoms with Gasteiger partial charge >= 0.3 is 6.09 Å². The molecule has 7 heteroatoms. The maximum absolute atomic E-state index is 12.0. The summed E-state index contributed by atoms with van der Waals surface area (Å²) in [5.74, 6) is 0. The normalized spacial score (nSPS) is 10.7.